The summed E-state index contributed by atoms with van der Waals surface area (Å²) in [5, 5.41) is 5.45. The van der Waals surface area contributed by atoms with Gasteiger partial charge in [0.05, 0.1) is 18.3 Å². The van der Waals surface area contributed by atoms with Crippen LogP contribution in [-0.4, -0.2) is 45.3 Å². The van der Waals surface area contributed by atoms with E-state index in [-0.39, 0.29) is 25.2 Å². The lowest BCUT2D eigenvalue weighted by Gasteiger charge is -2.24. The molecule has 0 aliphatic heterocycles. The Bertz CT molecular complexity index is 1370. The maximum atomic E-state index is 13.5. The highest BCUT2D eigenvalue weighted by molar-refractivity contribution is 5.99. The first-order valence-electron chi connectivity index (χ1n) is 12.5. The van der Waals surface area contributed by atoms with Gasteiger partial charge in [0.25, 0.3) is 5.91 Å². The van der Waals surface area contributed by atoms with Crippen LogP contribution in [-0.2, 0) is 33.6 Å². The highest BCUT2D eigenvalue weighted by atomic mass is 16.2. The number of amides is 3. The third-order valence-electron chi connectivity index (χ3n) is 6.49. The van der Waals surface area contributed by atoms with Gasteiger partial charge in [-0.1, -0.05) is 72.8 Å². The molecule has 9 heteroatoms. The topological polar surface area (TPSA) is 147 Å². The van der Waals surface area contributed by atoms with E-state index in [0.29, 0.717) is 23.7 Å². The molecule has 1 aromatic heterocycles. The van der Waals surface area contributed by atoms with Crippen molar-refractivity contribution in [2.45, 2.75) is 31.7 Å². The molecule has 4 rings (SSSR count). The predicted octanol–water partition coefficient (Wildman–Crippen LogP) is 2.27. The normalized spacial score (nSPS) is 12.6. The number of imide groups is 1. The zero-order valence-corrected chi connectivity index (χ0v) is 21.0. The van der Waals surface area contributed by atoms with Gasteiger partial charge in [-0.25, -0.2) is 15.8 Å². The van der Waals surface area contributed by atoms with Gasteiger partial charge in [0.2, 0.25) is 11.8 Å². The molecule has 0 aliphatic carbocycles. The molecule has 1 unspecified atom stereocenters. The SMILES string of the molecule is N[C@@H](Cc1cnc[nH]1)C(=O)N(N)C(=O)C(CC(=O)NCCc1ccccc1)Cc1cccc2ccccc12. The Morgan fingerprint density at radius 1 is 0.921 bits per heavy atom. The molecule has 0 spiro atoms. The second-order valence-corrected chi connectivity index (χ2v) is 9.26. The van der Waals surface area contributed by atoms with Crippen molar-refractivity contribution in [2.75, 3.05) is 6.54 Å². The standard InChI is InChI=1S/C29H32N6O3/c30-26(17-24-18-32-19-34-24)29(38)35(31)28(37)23(15-22-11-6-10-21-9-4-5-12-25(21)22)16-27(36)33-14-13-20-7-2-1-3-8-20/h1-12,18-19,23,26H,13-17,30-31H2,(H,32,34)(H,33,36)/t23?,26-/m0/s1. The number of fused-ring (bicyclic) bond motifs is 1. The number of nitrogens with zero attached hydrogens (tertiary/aromatic N) is 2. The minimum absolute atomic E-state index is 0.117. The summed E-state index contributed by atoms with van der Waals surface area (Å²) in [6.45, 7) is 0.429. The van der Waals surface area contributed by atoms with E-state index >= 15 is 0 Å². The first kappa shape index (κ1) is 26.7. The molecule has 1 heterocycles. The quantitative estimate of drug-likeness (QED) is 0.138. The molecule has 3 aromatic carbocycles. The maximum Gasteiger partial charge on any atom is 0.260 e. The fourth-order valence-corrected chi connectivity index (χ4v) is 4.47. The van der Waals surface area contributed by atoms with Crippen LogP contribution in [0.5, 0.6) is 0 Å². The molecule has 6 N–H and O–H groups in total. The molecule has 38 heavy (non-hydrogen) atoms. The van der Waals surface area contributed by atoms with E-state index in [0.717, 1.165) is 21.9 Å². The number of hydrazine groups is 1. The van der Waals surface area contributed by atoms with Crippen molar-refractivity contribution in [3.63, 3.8) is 0 Å². The third kappa shape index (κ3) is 6.90. The fraction of sp³-hybridized carbons (Fsp3) is 0.241. The van der Waals surface area contributed by atoms with E-state index in [2.05, 4.69) is 15.3 Å². The summed E-state index contributed by atoms with van der Waals surface area (Å²) in [6, 6.07) is 22.4. The van der Waals surface area contributed by atoms with Crippen molar-refractivity contribution >= 4 is 28.5 Å². The predicted molar refractivity (Wildman–Crippen MR) is 145 cm³/mol. The van der Waals surface area contributed by atoms with Crippen molar-refractivity contribution < 1.29 is 14.4 Å². The van der Waals surface area contributed by atoms with Crippen LogP contribution in [0.2, 0.25) is 0 Å². The summed E-state index contributed by atoms with van der Waals surface area (Å²) in [5.74, 6) is 3.48. The average molecular weight is 513 g/mol. The summed E-state index contributed by atoms with van der Waals surface area (Å²) in [4.78, 5) is 46.1. The van der Waals surface area contributed by atoms with E-state index in [1.54, 1.807) is 6.20 Å². The molecule has 196 valence electrons. The molecule has 0 saturated heterocycles. The lowest BCUT2D eigenvalue weighted by molar-refractivity contribution is -0.150. The molecule has 0 fully saturated rings. The van der Waals surface area contributed by atoms with Crippen LogP contribution in [0, 0.1) is 5.92 Å². The second kappa shape index (κ2) is 12.8. The molecule has 0 aliphatic rings. The van der Waals surface area contributed by atoms with Crippen molar-refractivity contribution in [2.24, 2.45) is 17.5 Å². The molecular weight excluding hydrogens is 480 g/mol. The second-order valence-electron chi connectivity index (χ2n) is 9.26. The van der Waals surface area contributed by atoms with E-state index in [4.69, 9.17) is 11.6 Å². The summed E-state index contributed by atoms with van der Waals surface area (Å²) < 4.78 is 0. The zero-order valence-electron chi connectivity index (χ0n) is 21.0. The van der Waals surface area contributed by atoms with E-state index in [1.165, 1.54) is 6.33 Å². The summed E-state index contributed by atoms with van der Waals surface area (Å²) in [5.41, 5.74) is 8.68. The lowest BCUT2D eigenvalue weighted by Crippen LogP contribution is -2.53. The van der Waals surface area contributed by atoms with Gasteiger partial charge in [-0.15, -0.1) is 0 Å². The highest BCUT2D eigenvalue weighted by Crippen LogP contribution is 2.23. The Morgan fingerprint density at radius 2 is 1.66 bits per heavy atom. The number of aromatic nitrogens is 2. The summed E-state index contributed by atoms with van der Waals surface area (Å²) in [6.07, 6.45) is 3.97. The smallest absolute Gasteiger partial charge is 0.260 e. The van der Waals surface area contributed by atoms with Gasteiger partial charge in [-0.05, 0) is 34.7 Å². The van der Waals surface area contributed by atoms with Crippen molar-refractivity contribution in [1.82, 2.24) is 20.3 Å². The van der Waals surface area contributed by atoms with E-state index in [9.17, 15) is 14.4 Å². The van der Waals surface area contributed by atoms with E-state index in [1.807, 2.05) is 72.8 Å². The Morgan fingerprint density at radius 3 is 2.42 bits per heavy atom. The number of carbonyl (C=O) groups is 3. The molecule has 3 amide bonds. The van der Waals surface area contributed by atoms with Crippen LogP contribution in [0.1, 0.15) is 23.2 Å². The number of rotatable bonds is 11. The Labute approximate surface area is 221 Å². The maximum absolute atomic E-state index is 13.5. The van der Waals surface area contributed by atoms with Crippen LogP contribution in [0.15, 0.2) is 85.3 Å². The van der Waals surface area contributed by atoms with E-state index < -0.39 is 23.8 Å². The number of hydrogen-bond donors (Lipinski definition) is 4. The molecule has 2 atom stereocenters. The molecule has 4 aromatic rings. The average Bonchev–Trinajstić information content (AvgIpc) is 3.45. The minimum atomic E-state index is -1.04. The van der Waals surface area contributed by atoms with Crippen molar-refractivity contribution in [3.05, 3.63) is 102 Å². The largest absolute Gasteiger partial charge is 0.356 e. The zero-order chi connectivity index (χ0) is 26.9. The number of imidazole rings is 1. The summed E-state index contributed by atoms with van der Waals surface area (Å²) >= 11 is 0. The number of nitrogens with one attached hydrogen (secondary N) is 2. The third-order valence-corrected chi connectivity index (χ3v) is 6.49. The van der Waals surface area contributed by atoms with Gasteiger partial charge < -0.3 is 16.0 Å². The van der Waals surface area contributed by atoms with Crippen LogP contribution in [0.25, 0.3) is 10.8 Å². The number of hydrogen-bond acceptors (Lipinski definition) is 6. The van der Waals surface area contributed by atoms with Crippen LogP contribution >= 0.6 is 0 Å². The molecule has 0 bridgehead atoms. The molecule has 9 nitrogen and oxygen atoms in total. The van der Waals surface area contributed by atoms with Crippen molar-refractivity contribution in [3.8, 4) is 0 Å². The fourth-order valence-electron chi connectivity index (χ4n) is 4.47. The van der Waals surface area contributed by atoms with Gasteiger partial charge in [-0.3, -0.25) is 14.4 Å². The minimum Gasteiger partial charge on any atom is -0.356 e. The number of H-pyrrole nitrogens is 1. The van der Waals surface area contributed by atoms with Gasteiger partial charge in [-0.2, -0.15) is 0 Å². The first-order chi connectivity index (χ1) is 18.4. The molecular formula is C29H32N6O3. The van der Waals surface area contributed by atoms with Gasteiger partial charge in [0.15, 0.2) is 0 Å². The first-order valence-corrected chi connectivity index (χ1v) is 12.5. The van der Waals surface area contributed by atoms with Gasteiger partial charge >= 0.3 is 0 Å². The van der Waals surface area contributed by atoms with Crippen LogP contribution < -0.4 is 16.9 Å². The number of benzene rings is 3. The van der Waals surface area contributed by atoms with Gasteiger partial charge in [0.1, 0.15) is 0 Å². The monoisotopic (exact) mass is 512 g/mol. The lowest BCUT2D eigenvalue weighted by atomic mass is 9.91. The highest BCUT2D eigenvalue weighted by Gasteiger charge is 2.32. The van der Waals surface area contributed by atoms with Crippen molar-refractivity contribution in [1.29, 1.82) is 0 Å². The Balaban J connectivity index is 1.48. The Kier molecular flexibility index (Phi) is 8.97. The van der Waals surface area contributed by atoms with Gasteiger partial charge in [0, 0.05) is 31.3 Å². The van der Waals surface area contributed by atoms with Crippen LogP contribution in [0.4, 0.5) is 0 Å². The molecule has 0 saturated carbocycles. The number of carbonyl (C=O) groups excluding carboxylic acids is 3. The summed E-state index contributed by atoms with van der Waals surface area (Å²) in [7, 11) is 0. The number of nitrogens with two attached hydrogens (primary N) is 2. The number of aromatic amines is 1. The Hall–Kier alpha value is -4.34. The molecule has 0 radical (unpaired) electrons. The van der Waals surface area contributed by atoms with Crippen LogP contribution in [0.3, 0.4) is 0 Å².